The van der Waals surface area contributed by atoms with Crippen LogP contribution >= 0.6 is 0 Å². The Hall–Kier alpha value is -2.36. The molecule has 0 aromatic heterocycles. The van der Waals surface area contributed by atoms with E-state index in [0.717, 1.165) is 22.9 Å². The van der Waals surface area contributed by atoms with Crippen LogP contribution in [0.3, 0.4) is 0 Å². The Labute approximate surface area is 157 Å². The Morgan fingerprint density at radius 2 is 1.46 bits per heavy atom. The zero-order chi connectivity index (χ0) is 19.2. The van der Waals surface area contributed by atoms with Crippen molar-refractivity contribution >= 4 is 11.4 Å². The highest BCUT2D eigenvalue weighted by Gasteiger charge is 2.40. The molecular formula is C22H30N2O2. The van der Waals surface area contributed by atoms with Gasteiger partial charge in [0, 0.05) is 67.1 Å². The highest BCUT2D eigenvalue weighted by molar-refractivity contribution is 5.70. The lowest BCUT2D eigenvalue weighted by Gasteiger charge is -2.40. The highest BCUT2D eigenvalue weighted by atomic mass is 16.5. The average Bonchev–Trinajstić information content (AvgIpc) is 2.64. The van der Waals surface area contributed by atoms with Crippen LogP contribution in [0.1, 0.15) is 48.9 Å². The summed E-state index contributed by atoms with van der Waals surface area (Å²) in [7, 11) is 9.58. The SMILES string of the molecule is CNc1cc(OC)c2c(c1)C(C)(C)c1cc(N(C)C)cc(OC)c1[C@H]2C. The number of nitrogens with one attached hydrogen (secondary N) is 1. The van der Waals surface area contributed by atoms with Gasteiger partial charge in [0.25, 0.3) is 0 Å². The number of benzene rings is 2. The number of nitrogens with zero attached hydrogens (tertiary/aromatic N) is 1. The van der Waals surface area contributed by atoms with Crippen LogP contribution in [-0.4, -0.2) is 35.4 Å². The van der Waals surface area contributed by atoms with Gasteiger partial charge in [-0.3, -0.25) is 0 Å². The summed E-state index contributed by atoms with van der Waals surface area (Å²) in [6, 6.07) is 8.77. The van der Waals surface area contributed by atoms with E-state index < -0.39 is 0 Å². The molecule has 0 saturated heterocycles. The van der Waals surface area contributed by atoms with Gasteiger partial charge in [-0.15, -0.1) is 0 Å². The molecule has 0 saturated carbocycles. The maximum atomic E-state index is 5.82. The summed E-state index contributed by atoms with van der Waals surface area (Å²) in [6.45, 7) is 6.81. The molecule has 0 amide bonds. The maximum Gasteiger partial charge on any atom is 0.125 e. The van der Waals surface area contributed by atoms with Crippen LogP contribution in [0.5, 0.6) is 11.5 Å². The first-order valence-corrected chi connectivity index (χ1v) is 9.06. The van der Waals surface area contributed by atoms with E-state index in [9.17, 15) is 0 Å². The minimum absolute atomic E-state index is 0.156. The molecule has 3 rings (SSSR count). The second-order valence-electron chi connectivity index (χ2n) is 7.74. The first-order valence-electron chi connectivity index (χ1n) is 9.06. The second-order valence-corrected chi connectivity index (χ2v) is 7.74. The molecule has 2 aromatic rings. The van der Waals surface area contributed by atoms with Gasteiger partial charge in [0.15, 0.2) is 0 Å². The van der Waals surface area contributed by atoms with Crippen molar-refractivity contribution in [2.45, 2.75) is 32.1 Å². The van der Waals surface area contributed by atoms with Gasteiger partial charge in [-0.25, -0.2) is 0 Å². The number of methoxy groups -OCH3 is 2. The molecule has 0 heterocycles. The monoisotopic (exact) mass is 354 g/mol. The molecule has 140 valence electrons. The molecule has 0 aliphatic heterocycles. The molecule has 0 bridgehead atoms. The number of ether oxygens (including phenoxy) is 2. The van der Waals surface area contributed by atoms with Crippen molar-refractivity contribution in [3.63, 3.8) is 0 Å². The quantitative estimate of drug-likeness (QED) is 0.870. The van der Waals surface area contributed by atoms with E-state index in [4.69, 9.17) is 9.47 Å². The molecule has 0 fully saturated rings. The van der Waals surface area contributed by atoms with Crippen molar-refractivity contribution in [2.75, 3.05) is 45.6 Å². The predicted molar refractivity (Wildman–Crippen MR) is 110 cm³/mol. The molecule has 4 nitrogen and oxygen atoms in total. The van der Waals surface area contributed by atoms with Crippen LogP contribution in [0, 0.1) is 0 Å². The molecule has 2 aromatic carbocycles. The lowest BCUT2D eigenvalue weighted by Crippen LogP contribution is -2.30. The molecule has 1 N–H and O–H groups in total. The standard InChI is InChI=1S/C22H30N2O2/c1-13-20-16(9-14(23-4)10-18(20)25-7)22(2,3)17-11-15(24(5)6)12-19(26-8)21(13)17/h9-13,23H,1-8H3/t13-/m0/s1. The third kappa shape index (κ3) is 2.59. The van der Waals surface area contributed by atoms with Crippen molar-refractivity contribution in [3.8, 4) is 11.5 Å². The van der Waals surface area contributed by atoms with Gasteiger partial charge in [-0.1, -0.05) is 20.8 Å². The zero-order valence-corrected chi connectivity index (χ0v) is 17.2. The normalized spacial score (nSPS) is 17.2. The average molecular weight is 354 g/mol. The first-order chi connectivity index (χ1) is 12.3. The first kappa shape index (κ1) is 18.4. The van der Waals surface area contributed by atoms with Gasteiger partial charge in [-0.05, 0) is 23.3 Å². The number of anilines is 2. The van der Waals surface area contributed by atoms with Crippen molar-refractivity contribution in [1.29, 1.82) is 0 Å². The summed E-state index contributed by atoms with van der Waals surface area (Å²) in [5.74, 6) is 2.06. The van der Waals surface area contributed by atoms with Crippen LogP contribution in [0.2, 0.25) is 0 Å². The Balaban J connectivity index is 2.37. The van der Waals surface area contributed by atoms with Crippen molar-refractivity contribution in [1.82, 2.24) is 0 Å². The number of hydrogen-bond donors (Lipinski definition) is 1. The van der Waals surface area contributed by atoms with E-state index in [2.05, 4.69) is 69.3 Å². The lowest BCUT2D eigenvalue weighted by atomic mass is 9.65. The molecule has 0 spiro atoms. The van der Waals surface area contributed by atoms with E-state index >= 15 is 0 Å². The van der Waals surface area contributed by atoms with Crippen LogP contribution in [-0.2, 0) is 5.41 Å². The Morgan fingerprint density at radius 3 is 1.96 bits per heavy atom. The van der Waals surface area contributed by atoms with Crippen LogP contribution < -0.4 is 19.7 Å². The summed E-state index contributed by atoms with van der Waals surface area (Å²) < 4.78 is 11.6. The highest BCUT2D eigenvalue weighted by Crippen LogP contribution is 2.54. The Morgan fingerprint density at radius 1 is 0.923 bits per heavy atom. The third-order valence-electron chi connectivity index (χ3n) is 5.73. The summed E-state index contributed by atoms with van der Waals surface area (Å²) in [5.41, 5.74) is 7.19. The molecule has 1 atom stereocenters. The molecule has 4 heteroatoms. The van der Waals surface area contributed by atoms with Crippen LogP contribution in [0.25, 0.3) is 0 Å². The number of rotatable bonds is 4. The smallest absolute Gasteiger partial charge is 0.125 e. The number of hydrogen-bond acceptors (Lipinski definition) is 4. The van der Waals surface area contributed by atoms with Crippen molar-refractivity contribution < 1.29 is 9.47 Å². The second kappa shape index (κ2) is 6.42. The fourth-order valence-corrected chi connectivity index (χ4v) is 4.20. The lowest BCUT2D eigenvalue weighted by molar-refractivity contribution is 0.393. The van der Waals surface area contributed by atoms with E-state index in [1.807, 2.05) is 7.05 Å². The fourth-order valence-electron chi connectivity index (χ4n) is 4.20. The van der Waals surface area contributed by atoms with Gasteiger partial charge in [0.05, 0.1) is 14.2 Å². The van der Waals surface area contributed by atoms with E-state index in [-0.39, 0.29) is 11.3 Å². The van der Waals surface area contributed by atoms with Gasteiger partial charge >= 0.3 is 0 Å². The fraction of sp³-hybridized carbons (Fsp3) is 0.455. The predicted octanol–water partition coefficient (Wildman–Crippen LogP) is 4.60. The van der Waals surface area contributed by atoms with Crippen molar-refractivity contribution in [2.24, 2.45) is 0 Å². The summed E-state index contributed by atoms with van der Waals surface area (Å²) in [6.07, 6.45) is 0. The minimum atomic E-state index is -0.156. The van der Waals surface area contributed by atoms with Gasteiger partial charge < -0.3 is 19.7 Å². The topological polar surface area (TPSA) is 33.7 Å². The van der Waals surface area contributed by atoms with E-state index in [1.165, 1.54) is 22.3 Å². The maximum absolute atomic E-state index is 5.82. The summed E-state index contributed by atoms with van der Waals surface area (Å²) in [4.78, 5) is 2.13. The minimum Gasteiger partial charge on any atom is -0.496 e. The third-order valence-corrected chi connectivity index (χ3v) is 5.73. The molecule has 26 heavy (non-hydrogen) atoms. The summed E-state index contributed by atoms with van der Waals surface area (Å²) in [5, 5.41) is 3.27. The zero-order valence-electron chi connectivity index (χ0n) is 17.2. The van der Waals surface area contributed by atoms with Crippen LogP contribution in [0.15, 0.2) is 24.3 Å². The number of fused-ring (bicyclic) bond motifs is 2. The van der Waals surface area contributed by atoms with E-state index in [1.54, 1.807) is 14.2 Å². The van der Waals surface area contributed by atoms with Crippen LogP contribution in [0.4, 0.5) is 11.4 Å². The van der Waals surface area contributed by atoms with Gasteiger partial charge in [0.2, 0.25) is 0 Å². The molecule has 0 radical (unpaired) electrons. The van der Waals surface area contributed by atoms with E-state index in [0.29, 0.717) is 0 Å². The molecular weight excluding hydrogens is 324 g/mol. The van der Waals surface area contributed by atoms with Gasteiger partial charge in [0.1, 0.15) is 11.5 Å². The molecule has 0 unspecified atom stereocenters. The van der Waals surface area contributed by atoms with Gasteiger partial charge in [-0.2, -0.15) is 0 Å². The Bertz CT molecular complexity index is 841. The Kier molecular flexibility index (Phi) is 4.55. The summed E-state index contributed by atoms with van der Waals surface area (Å²) >= 11 is 0. The molecule has 1 aliphatic rings. The largest absolute Gasteiger partial charge is 0.496 e. The van der Waals surface area contributed by atoms with Crippen molar-refractivity contribution in [3.05, 3.63) is 46.5 Å². The molecule has 1 aliphatic carbocycles.